The van der Waals surface area contributed by atoms with Crippen molar-refractivity contribution in [3.63, 3.8) is 0 Å². The predicted molar refractivity (Wildman–Crippen MR) is 89.3 cm³/mol. The van der Waals surface area contributed by atoms with Crippen LogP contribution >= 0.6 is 11.5 Å². The number of hydrogen-bond donors (Lipinski definition) is 1. The molecule has 0 unspecified atom stereocenters. The summed E-state index contributed by atoms with van der Waals surface area (Å²) in [6.45, 7) is 0. The highest BCUT2D eigenvalue weighted by Crippen LogP contribution is 2.27. The number of fused-ring (bicyclic) bond motifs is 2. The monoisotopic (exact) mass is 305 g/mol. The minimum absolute atomic E-state index is 0.194. The van der Waals surface area contributed by atoms with E-state index in [1.165, 1.54) is 11.5 Å². The Bertz CT molecular complexity index is 988. The fraction of sp³-hybridized carbons (Fsp3) is 0. The molecule has 0 fully saturated rings. The van der Waals surface area contributed by atoms with Crippen molar-refractivity contribution in [2.24, 2.45) is 0 Å². The molecular weight excluding hydrogens is 294 g/mol. The summed E-state index contributed by atoms with van der Waals surface area (Å²) in [5.74, 6) is 0.402. The molecule has 1 amide bonds. The summed E-state index contributed by atoms with van der Waals surface area (Å²) < 4.78 is 5.38. The average Bonchev–Trinajstić information content (AvgIpc) is 2.97. The second kappa shape index (κ2) is 5.20. The van der Waals surface area contributed by atoms with Gasteiger partial charge in [-0.25, -0.2) is 0 Å². The summed E-state index contributed by atoms with van der Waals surface area (Å²) in [7, 11) is 0. The van der Waals surface area contributed by atoms with Gasteiger partial charge in [-0.2, -0.15) is 4.37 Å². The number of carbonyl (C=O) groups excluding carboxylic acids is 1. The van der Waals surface area contributed by atoms with Crippen molar-refractivity contribution in [1.29, 1.82) is 0 Å². The molecule has 106 valence electrons. The van der Waals surface area contributed by atoms with E-state index in [1.54, 1.807) is 12.4 Å². The van der Waals surface area contributed by atoms with Crippen molar-refractivity contribution in [2.45, 2.75) is 0 Å². The smallest absolute Gasteiger partial charge is 0.259 e. The fourth-order valence-corrected chi connectivity index (χ4v) is 3.18. The van der Waals surface area contributed by atoms with E-state index in [9.17, 15) is 4.79 Å². The molecule has 2 heterocycles. The predicted octanol–water partition coefficient (Wildman–Crippen LogP) is 4.10. The average molecular weight is 305 g/mol. The number of nitrogens with one attached hydrogen (secondary N) is 1. The van der Waals surface area contributed by atoms with Gasteiger partial charge in [0.2, 0.25) is 0 Å². The van der Waals surface area contributed by atoms with E-state index in [0.29, 0.717) is 11.4 Å². The van der Waals surface area contributed by atoms with Crippen molar-refractivity contribution in [3.05, 3.63) is 66.5 Å². The lowest BCUT2D eigenvalue weighted by Gasteiger charge is -2.06. The molecule has 2 aromatic heterocycles. The zero-order chi connectivity index (χ0) is 14.9. The van der Waals surface area contributed by atoms with Crippen molar-refractivity contribution in [1.82, 2.24) is 9.36 Å². The molecule has 5 heteroatoms. The van der Waals surface area contributed by atoms with Crippen LogP contribution in [0.3, 0.4) is 0 Å². The molecule has 0 saturated carbocycles. The Balaban J connectivity index is 1.75. The Labute approximate surface area is 130 Å². The van der Waals surface area contributed by atoms with Crippen LogP contribution < -0.4 is 5.32 Å². The van der Waals surface area contributed by atoms with Crippen LogP contribution in [0.25, 0.3) is 20.9 Å². The lowest BCUT2D eigenvalue weighted by molar-refractivity contribution is 0.102. The van der Waals surface area contributed by atoms with Gasteiger partial charge in [-0.05, 0) is 29.1 Å². The lowest BCUT2D eigenvalue weighted by atomic mass is 10.1. The molecule has 0 bridgehead atoms. The van der Waals surface area contributed by atoms with Gasteiger partial charge >= 0.3 is 0 Å². The maximum Gasteiger partial charge on any atom is 0.259 e. The molecule has 22 heavy (non-hydrogen) atoms. The fourth-order valence-electron chi connectivity index (χ4n) is 2.45. The molecule has 2 aromatic carbocycles. The number of hydrogen-bond acceptors (Lipinski definition) is 4. The topological polar surface area (TPSA) is 54.9 Å². The third-order valence-corrected chi connectivity index (χ3v) is 4.35. The van der Waals surface area contributed by atoms with Crippen LogP contribution in [-0.4, -0.2) is 15.3 Å². The third-order valence-electron chi connectivity index (χ3n) is 3.52. The first-order valence-electron chi connectivity index (χ1n) is 6.81. The number of rotatable bonds is 2. The normalized spacial score (nSPS) is 10.9. The van der Waals surface area contributed by atoms with E-state index in [-0.39, 0.29) is 5.91 Å². The zero-order valence-electron chi connectivity index (χ0n) is 11.5. The Hall–Kier alpha value is -2.79. The molecule has 0 saturated heterocycles. The number of aromatic nitrogens is 2. The SMILES string of the molecule is O=C(Nc1nsc2ccccc12)c1cncc2ccccc12. The van der Waals surface area contributed by atoms with Crippen molar-refractivity contribution >= 4 is 44.1 Å². The highest BCUT2D eigenvalue weighted by Gasteiger charge is 2.13. The quantitative estimate of drug-likeness (QED) is 0.606. The second-order valence-corrected chi connectivity index (χ2v) is 5.69. The first-order chi connectivity index (χ1) is 10.8. The van der Waals surface area contributed by atoms with Gasteiger partial charge in [0.25, 0.3) is 5.91 Å². The van der Waals surface area contributed by atoms with Crippen molar-refractivity contribution in [2.75, 3.05) is 5.32 Å². The summed E-state index contributed by atoms with van der Waals surface area (Å²) in [5.41, 5.74) is 0.551. The van der Waals surface area contributed by atoms with E-state index >= 15 is 0 Å². The number of carbonyl (C=O) groups is 1. The Morgan fingerprint density at radius 1 is 0.955 bits per heavy atom. The van der Waals surface area contributed by atoms with E-state index in [1.807, 2.05) is 48.5 Å². The van der Waals surface area contributed by atoms with Gasteiger partial charge in [0, 0.05) is 23.2 Å². The first-order valence-corrected chi connectivity index (χ1v) is 7.59. The zero-order valence-corrected chi connectivity index (χ0v) is 12.3. The summed E-state index contributed by atoms with van der Waals surface area (Å²) in [6, 6.07) is 15.5. The largest absolute Gasteiger partial charge is 0.305 e. The molecule has 4 rings (SSSR count). The summed E-state index contributed by atoms with van der Waals surface area (Å²) in [6.07, 6.45) is 3.34. The maximum absolute atomic E-state index is 12.6. The standard InChI is InChI=1S/C17H11N3OS/c21-17(14-10-18-9-11-5-1-2-6-12(11)14)19-16-13-7-3-4-8-15(13)22-20-16/h1-10H,(H,19,20,21). The van der Waals surface area contributed by atoms with Crippen molar-refractivity contribution in [3.8, 4) is 0 Å². The van der Waals surface area contributed by atoms with Gasteiger partial charge in [0.05, 0.1) is 10.3 Å². The Kier molecular flexibility index (Phi) is 3.05. The first kappa shape index (κ1) is 12.9. The number of nitrogens with zero attached hydrogens (tertiary/aromatic N) is 2. The Morgan fingerprint density at radius 3 is 2.64 bits per heavy atom. The summed E-state index contributed by atoms with van der Waals surface area (Å²) >= 11 is 1.37. The summed E-state index contributed by atoms with van der Waals surface area (Å²) in [5, 5.41) is 5.67. The molecule has 0 aliphatic heterocycles. The third kappa shape index (κ3) is 2.12. The molecule has 0 spiro atoms. The highest BCUT2D eigenvalue weighted by molar-refractivity contribution is 7.13. The molecule has 4 aromatic rings. The van der Waals surface area contributed by atoms with E-state index in [4.69, 9.17) is 0 Å². The molecule has 4 nitrogen and oxygen atoms in total. The van der Waals surface area contributed by atoms with E-state index < -0.39 is 0 Å². The molecule has 0 radical (unpaired) electrons. The molecule has 0 atom stereocenters. The number of anilines is 1. The van der Waals surface area contributed by atoms with E-state index in [2.05, 4.69) is 14.7 Å². The highest BCUT2D eigenvalue weighted by atomic mass is 32.1. The van der Waals surface area contributed by atoms with Crippen LogP contribution in [0.2, 0.25) is 0 Å². The van der Waals surface area contributed by atoms with Crippen LogP contribution in [-0.2, 0) is 0 Å². The molecule has 1 N–H and O–H groups in total. The lowest BCUT2D eigenvalue weighted by Crippen LogP contribution is -2.13. The van der Waals surface area contributed by atoms with Crippen LogP contribution in [0.4, 0.5) is 5.82 Å². The number of benzene rings is 2. The van der Waals surface area contributed by atoms with E-state index in [0.717, 1.165) is 20.9 Å². The van der Waals surface area contributed by atoms with Crippen LogP contribution in [0.1, 0.15) is 10.4 Å². The van der Waals surface area contributed by atoms with Crippen LogP contribution in [0.15, 0.2) is 60.9 Å². The molecule has 0 aliphatic carbocycles. The molecular formula is C17H11N3OS. The van der Waals surface area contributed by atoms with Gasteiger partial charge in [0.1, 0.15) is 0 Å². The second-order valence-electron chi connectivity index (χ2n) is 4.89. The van der Waals surface area contributed by atoms with Gasteiger partial charge in [-0.1, -0.05) is 36.4 Å². The van der Waals surface area contributed by atoms with Crippen LogP contribution in [0, 0.1) is 0 Å². The van der Waals surface area contributed by atoms with Crippen LogP contribution in [0.5, 0.6) is 0 Å². The van der Waals surface area contributed by atoms with Gasteiger partial charge in [-0.15, -0.1) is 0 Å². The Morgan fingerprint density at radius 2 is 1.73 bits per heavy atom. The number of amides is 1. The maximum atomic E-state index is 12.6. The van der Waals surface area contributed by atoms with Gasteiger partial charge in [0.15, 0.2) is 5.82 Å². The molecule has 0 aliphatic rings. The minimum Gasteiger partial charge on any atom is -0.305 e. The van der Waals surface area contributed by atoms with Gasteiger partial charge in [-0.3, -0.25) is 9.78 Å². The van der Waals surface area contributed by atoms with Gasteiger partial charge < -0.3 is 5.32 Å². The van der Waals surface area contributed by atoms with Crippen molar-refractivity contribution < 1.29 is 4.79 Å². The minimum atomic E-state index is -0.194. The summed E-state index contributed by atoms with van der Waals surface area (Å²) in [4.78, 5) is 16.7. The number of pyridine rings is 1.